The van der Waals surface area contributed by atoms with Crippen LogP contribution in [0.2, 0.25) is 0 Å². The lowest BCUT2D eigenvalue weighted by molar-refractivity contribution is 0.337. The summed E-state index contributed by atoms with van der Waals surface area (Å²) in [7, 11) is 0. The van der Waals surface area contributed by atoms with Crippen LogP contribution in [-0.2, 0) is 0 Å². The van der Waals surface area contributed by atoms with Crippen LogP contribution >= 0.6 is 0 Å². The fourth-order valence-corrected chi connectivity index (χ4v) is 0.526. The molecule has 0 aromatic rings. The standard InChI is InChI=1S/C7H17N/c1-5-6(2)7(3,4)8/h6H,5,8H2,1-4H3. The van der Waals surface area contributed by atoms with Crippen molar-refractivity contribution >= 4 is 0 Å². The predicted molar refractivity (Wildman–Crippen MR) is 37.7 cm³/mol. The summed E-state index contributed by atoms with van der Waals surface area (Å²) in [6, 6.07) is 0. The lowest BCUT2D eigenvalue weighted by Crippen LogP contribution is -2.38. The van der Waals surface area contributed by atoms with Crippen molar-refractivity contribution < 1.29 is 0 Å². The molecule has 0 saturated carbocycles. The molecule has 0 aliphatic carbocycles. The summed E-state index contributed by atoms with van der Waals surface area (Å²) in [5, 5.41) is 0. The van der Waals surface area contributed by atoms with E-state index in [0.717, 1.165) is 0 Å². The first-order valence-electron chi connectivity index (χ1n) is 3.27. The van der Waals surface area contributed by atoms with Gasteiger partial charge < -0.3 is 5.73 Å². The molecule has 0 heterocycles. The maximum Gasteiger partial charge on any atom is 0.0123 e. The highest BCUT2D eigenvalue weighted by atomic mass is 14.7. The van der Waals surface area contributed by atoms with Gasteiger partial charge in [-0.15, -0.1) is 0 Å². The van der Waals surface area contributed by atoms with Crippen molar-refractivity contribution in [2.45, 2.75) is 39.7 Å². The molecule has 50 valence electrons. The molecule has 1 unspecified atom stereocenters. The van der Waals surface area contributed by atoms with Gasteiger partial charge in [0.15, 0.2) is 0 Å². The van der Waals surface area contributed by atoms with E-state index in [1.54, 1.807) is 0 Å². The van der Waals surface area contributed by atoms with Crippen molar-refractivity contribution in [2.24, 2.45) is 11.7 Å². The second kappa shape index (κ2) is 2.49. The summed E-state index contributed by atoms with van der Waals surface area (Å²) in [5.74, 6) is 0.627. The Kier molecular flexibility index (Phi) is 2.48. The van der Waals surface area contributed by atoms with E-state index in [4.69, 9.17) is 5.73 Å². The van der Waals surface area contributed by atoms with Crippen LogP contribution in [-0.4, -0.2) is 5.54 Å². The van der Waals surface area contributed by atoms with E-state index in [0.29, 0.717) is 5.92 Å². The maximum absolute atomic E-state index is 5.79. The van der Waals surface area contributed by atoms with Crippen LogP contribution in [0.15, 0.2) is 0 Å². The van der Waals surface area contributed by atoms with Crippen molar-refractivity contribution in [1.29, 1.82) is 0 Å². The van der Waals surface area contributed by atoms with Gasteiger partial charge in [-0.2, -0.15) is 0 Å². The van der Waals surface area contributed by atoms with Gasteiger partial charge in [0.25, 0.3) is 0 Å². The minimum Gasteiger partial charge on any atom is -0.325 e. The topological polar surface area (TPSA) is 26.0 Å². The average Bonchev–Trinajstić information content (AvgIpc) is 1.62. The first kappa shape index (κ1) is 7.96. The first-order chi connectivity index (χ1) is 3.48. The number of hydrogen-bond acceptors (Lipinski definition) is 1. The van der Waals surface area contributed by atoms with E-state index in [-0.39, 0.29) is 5.54 Å². The molecular formula is C7H17N. The lowest BCUT2D eigenvalue weighted by atomic mass is 9.88. The van der Waals surface area contributed by atoms with Crippen LogP contribution < -0.4 is 5.73 Å². The summed E-state index contributed by atoms with van der Waals surface area (Å²) >= 11 is 0. The molecule has 1 heteroatoms. The minimum atomic E-state index is 0.00868. The molecule has 0 aliphatic heterocycles. The quantitative estimate of drug-likeness (QED) is 0.583. The molecule has 0 aromatic heterocycles. The highest BCUT2D eigenvalue weighted by molar-refractivity contribution is 4.77. The zero-order valence-corrected chi connectivity index (χ0v) is 6.36. The van der Waals surface area contributed by atoms with E-state index < -0.39 is 0 Å². The number of hydrogen-bond donors (Lipinski definition) is 1. The van der Waals surface area contributed by atoms with Crippen molar-refractivity contribution in [1.82, 2.24) is 0 Å². The Bertz CT molecular complexity index is 61.3. The molecule has 2 N–H and O–H groups in total. The van der Waals surface area contributed by atoms with Gasteiger partial charge in [-0.05, 0) is 19.8 Å². The van der Waals surface area contributed by atoms with Crippen molar-refractivity contribution in [3.05, 3.63) is 0 Å². The number of rotatable bonds is 2. The molecule has 0 saturated heterocycles. The lowest BCUT2D eigenvalue weighted by Gasteiger charge is -2.25. The molecule has 0 spiro atoms. The van der Waals surface area contributed by atoms with Crippen molar-refractivity contribution in [3.63, 3.8) is 0 Å². The fraction of sp³-hybridized carbons (Fsp3) is 1.00. The summed E-state index contributed by atoms with van der Waals surface area (Å²) in [4.78, 5) is 0. The second-order valence-corrected chi connectivity index (χ2v) is 3.13. The van der Waals surface area contributed by atoms with Crippen LogP contribution in [0.3, 0.4) is 0 Å². The monoisotopic (exact) mass is 115 g/mol. The molecule has 0 radical (unpaired) electrons. The SMILES string of the molecule is CCC(C)C(C)(C)N. The Morgan fingerprint density at radius 2 is 1.88 bits per heavy atom. The Balaban J connectivity index is 3.62. The molecule has 8 heavy (non-hydrogen) atoms. The van der Waals surface area contributed by atoms with E-state index in [1.807, 2.05) is 0 Å². The van der Waals surface area contributed by atoms with E-state index in [2.05, 4.69) is 27.7 Å². The van der Waals surface area contributed by atoms with Gasteiger partial charge in [0.1, 0.15) is 0 Å². The minimum absolute atomic E-state index is 0.00868. The van der Waals surface area contributed by atoms with E-state index in [9.17, 15) is 0 Å². The van der Waals surface area contributed by atoms with Crippen molar-refractivity contribution in [3.8, 4) is 0 Å². The van der Waals surface area contributed by atoms with Gasteiger partial charge in [-0.1, -0.05) is 20.3 Å². The third-order valence-electron chi connectivity index (χ3n) is 1.88. The summed E-state index contributed by atoms with van der Waals surface area (Å²) in [6.45, 7) is 8.49. The average molecular weight is 115 g/mol. The molecule has 0 aliphatic rings. The highest BCUT2D eigenvalue weighted by Crippen LogP contribution is 2.14. The summed E-state index contributed by atoms with van der Waals surface area (Å²) < 4.78 is 0. The second-order valence-electron chi connectivity index (χ2n) is 3.13. The largest absolute Gasteiger partial charge is 0.325 e. The van der Waals surface area contributed by atoms with Crippen molar-refractivity contribution in [2.75, 3.05) is 0 Å². The van der Waals surface area contributed by atoms with Gasteiger partial charge in [-0.3, -0.25) is 0 Å². The van der Waals surface area contributed by atoms with E-state index in [1.165, 1.54) is 6.42 Å². The molecule has 0 aromatic carbocycles. The van der Waals surface area contributed by atoms with Gasteiger partial charge >= 0.3 is 0 Å². The first-order valence-corrected chi connectivity index (χ1v) is 3.27. The third-order valence-corrected chi connectivity index (χ3v) is 1.88. The zero-order chi connectivity index (χ0) is 6.78. The van der Waals surface area contributed by atoms with E-state index >= 15 is 0 Å². The molecule has 0 rings (SSSR count). The van der Waals surface area contributed by atoms with Crippen LogP contribution in [0.5, 0.6) is 0 Å². The molecule has 1 atom stereocenters. The van der Waals surface area contributed by atoms with Crippen LogP contribution in [0.25, 0.3) is 0 Å². The van der Waals surface area contributed by atoms with Crippen LogP contribution in [0.4, 0.5) is 0 Å². The van der Waals surface area contributed by atoms with Gasteiger partial charge in [-0.25, -0.2) is 0 Å². The Morgan fingerprint density at radius 1 is 1.50 bits per heavy atom. The maximum atomic E-state index is 5.79. The molecular weight excluding hydrogens is 98.1 g/mol. The van der Waals surface area contributed by atoms with Gasteiger partial charge in [0.05, 0.1) is 0 Å². The van der Waals surface area contributed by atoms with Gasteiger partial charge in [0, 0.05) is 5.54 Å². The molecule has 1 nitrogen and oxygen atoms in total. The summed E-state index contributed by atoms with van der Waals surface area (Å²) in [6.07, 6.45) is 1.17. The van der Waals surface area contributed by atoms with Gasteiger partial charge in [0.2, 0.25) is 0 Å². The summed E-state index contributed by atoms with van der Waals surface area (Å²) in [5.41, 5.74) is 5.80. The Hall–Kier alpha value is -0.0400. The highest BCUT2D eigenvalue weighted by Gasteiger charge is 2.17. The van der Waals surface area contributed by atoms with Crippen LogP contribution in [0, 0.1) is 5.92 Å². The third kappa shape index (κ3) is 2.31. The normalized spacial score (nSPS) is 16.1. The predicted octanol–water partition coefficient (Wildman–Crippen LogP) is 1.77. The fourth-order valence-electron chi connectivity index (χ4n) is 0.526. The zero-order valence-electron chi connectivity index (χ0n) is 6.36. The Labute approximate surface area is 52.3 Å². The Morgan fingerprint density at radius 3 is 1.88 bits per heavy atom. The smallest absolute Gasteiger partial charge is 0.0123 e. The molecule has 0 bridgehead atoms. The molecule has 0 fully saturated rings. The van der Waals surface area contributed by atoms with Crippen LogP contribution in [0.1, 0.15) is 34.1 Å². The number of nitrogens with two attached hydrogens (primary N) is 1. The molecule has 0 amide bonds.